The first-order valence-electron chi connectivity index (χ1n) is 8.94. The smallest absolute Gasteiger partial charge is 0.311 e. The van der Waals surface area contributed by atoms with Gasteiger partial charge >= 0.3 is 5.97 Å². The minimum absolute atomic E-state index is 0.0530. The van der Waals surface area contributed by atoms with Gasteiger partial charge < -0.3 is 14.9 Å². The molecule has 1 saturated carbocycles. The number of hydrogen-bond donors (Lipinski definition) is 1. The maximum atomic E-state index is 12.9. The highest BCUT2D eigenvalue weighted by Gasteiger charge is 2.55. The lowest BCUT2D eigenvalue weighted by atomic mass is 9.81. The van der Waals surface area contributed by atoms with Crippen LogP contribution < -0.4 is 4.90 Å². The molecule has 2 saturated heterocycles. The molecule has 6 heteroatoms. The normalized spacial score (nSPS) is 28.5. The zero-order valence-corrected chi connectivity index (χ0v) is 14.1. The first-order chi connectivity index (χ1) is 12.0. The van der Waals surface area contributed by atoms with Crippen LogP contribution in [0, 0.1) is 11.3 Å². The number of likely N-dealkylation sites (tertiary alicyclic amines) is 1. The van der Waals surface area contributed by atoms with Crippen molar-refractivity contribution in [3.8, 4) is 0 Å². The molecule has 2 amide bonds. The maximum Gasteiger partial charge on any atom is 0.311 e. The monoisotopic (exact) mass is 342 g/mol. The van der Waals surface area contributed by atoms with Crippen molar-refractivity contribution in [3.05, 3.63) is 29.8 Å². The van der Waals surface area contributed by atoms with Gasteiger partial charge in [-0.15, -0.1) is 0 Å². The molecule has 3 fully saturated rings. The van der Waals surface area contributed by atoms with E-state index in [1.165, 1.54) is 0 Å². The van der Waals surface area contributed by atoms with Gasteiger partial charge in [-0.25, -0.2) is 0 Å². The van der Waals surface area contributed by atoms with E-state index in [4.69, 9.17) is 0 Å². The summed E-state index contributed by atoms with van der Waals surface area (Å²) in [6.07, 6.45) is 3.84. The number of carbonyl (C=O) groups excluding carboxylic acids is 2. The van der Waals surface area contributed by atoms with Crippen molar-refractivity contribution in [2.45, 2.75) is 32.1 Å². The van der Waals surface area contributed by atoms with Gasteiger partial charge in [0.05, 0.1) is 5.41 Å². The highest BCUT2D eigenvalue weighted by Crippen LogP contribution is 2.49. The molecule has 4 rings (SSSR count). The van der Waals surface area contributed by atoms with E-state index in [0.717, 1.165) is 24.9 Å². The van der Waals surface area contributed by atoms with Gasteiger partial charge in [0, 0.05) is 37.3 Å². The number of anilines is 1. The first kappa shape index (κ1) is 16.1. The third-order valence-corrected chi connectivity index (χ3v) is 6.06. The summed E-state index contributed by atoms with van der Waals surface area (Å²) in [5.41, 5.74) is 0.511. The molecule has 25 heavy (non-hydrogen) atoms. The number of fused-ring (bicyclic) bond motifs is 1. The SMILES string of the molecule is O=C(c1cccc(N2CCCC2=O)c1)N1C[C@@H]2CCC[C@@]2(C(=O)O)C1. The van der Waals surface area contributed by atoms with Gasteiger partial charge in [-0.2, -0.15) is 0 Å². The van der Waals surface area contributed by atoms with E-state index in [-0.39, 0.29) is 17.7 Å². The molecule has 2 atom stereocenters. The van der Waals surface area contributed by atoms with Crippen LogP contribution in [0.15, 0.2) is 24.3 Å². The molecule has 1 aromatic rings. The summed E-state index contributed by atoms with van der Waals surface area (Å²) >= 11 is 0. The van der Waals surface area contributed by atoms with E-state index >= 15 is 0 Å². The van der Waals surface area contributed by atoms with Crippen LogP contribution in [0.25, 0.3) is 0 Å². The van der Waals surface area contributed by atoms with Crippen LogP contribution in [0.4, 0.5) is 5.69 Å². The number of carboxylic acid groups (broad SMARTS) is 1. The summed E-state index contributed by atoms with van der Waals surface area (Å²) in [6.45, 7) is 1.49. The number of nitrogens with zero attached hydrogens (tertiary/aromatic N) is 2. The number of rotatable bonds is 3. The summed E-state index contributed by atoms with van der Waals surface area (Å²) < 4.78 is 0. The molecule has 132 valence electrons. The van der Waals surface area contributed by atoms with Gasteiger partial charge in [0.2, 0.25) is 5.91 Å². The number of carboxylic acids is 1. The second kappa shape index (κ2) is 5.86. The van der Waals surface area contributed by atoms with Crippen molar-refractivity contribution in [2.24, 2.45) is 11.3 Å². The minimum Gasteiger partial charge on any atom is -0.481 e. The Morgan fingerprint density at radius 1 is 1.24 bits per heavy atom. The fourth-order valence-corrected chi connectivity index (χ4v) is 4.70. The maximum absolute atomic E-state index is 12.9. The molecule has 2 heterocycles. The lowest BCUT2D eigenvalue weighted by molar-refractivity contribution is -0.149. The van der Waals surface area contributed by atoms with Crippen molar-refractivity contribution < 1.29 is 19.5 Å². The lowest BCUT2D eigenvalue weighted by Gasteiger charge is -2.23. The van der Waals surface area contributed by atoms with E-state index < -0.39 is 11.4 Å². The fourth-order valence-electron chi connectivity index (χ4n) is 4.70. The molecule has 1 N–H and O–H groups in total. The largest absolute Gasteiger partial charge is 0.481 e. The van der Waals surface area contributed by atoms with Crippen LogP contribution in [0.2, 0.25) is 0 Å². The molecular weight excluding hydrogens is 320 g/mol. The number of benzene rings is 1. The van der Waals surface area contributed by atoms with Crippen LogP contribution in [0.5, 0.6) is 0 Å². The summed E-state index contributed by atoms with van der Waals surface area (Å²) in [7, 11) is 0. The third-order valence-electron chi connectivity index (χ3n) is 6.06. The number of amides is 2. The number of carbonyl (C=O) groups is 3. The number of hydrogen-bond acceptors (Lipinski definition) is 3. The highest BCUT2D eigenvalue weighted by molar-refractivity contribution is 5.99. The molecule has 0 unspecified atom stereocenters. The van der Waals surface area contributed by atoms with Crippen molar-refractivity contribution in [2.75, 3.05) is 24.5 Å². The molecular formula is C19H22N2O4. The molecule has 1 aromatic carbocycles. The van der Waals surface area contributed by atoms with Gasteiger partial charge in [-0.1, -0.05) is 12.5 Å². The molecule has 2 aliphatic heterocycles. The molecule has 0 spiro atoms. The van der Waals surface area contributed by atoms with E-state index in [1.807, 2.05) is 6.07 Å². The Kier molecular flexibility index (Phi) is 3.78. The predicted octanol–water partition coefficient (Wildman–Crippen LogP) is 2.14. The highest BCUT2D eigenvalue weighted by atomic mass is 16.4. The van der Waals surface area contributed by atoms with Crippen LogP contribution in [0.3, 0.4) is 0 Å². The third kappa shape index (κ3) is 2.51. The van der Waals surface area contributed by atoms with E-state index in [9.17, 15) is 19.5 Å². The molecule has 6 nitrogen and oxygen atoms in total. The van der Waals surface area contributed by atoms with E-state index in [0.29, 0.717) is 38.0 Å². The first-order valence-corrected chi connectivity index (χ1v) is 8.94. The fraction of sp³-hybridized carbons (Fsp3) is 0.526. The Hall–Kier alpha value is -2.37. The minimum atomic E-state index is -0.776. The Labute approximate surface area is 146 Å². The summed E-state index contributed by atoms with van der Waals surface area (Å²) in [4.78, 5) is 40.0. The van der Waals surface area contributed by atoms with Crippen LogP contribution in [-0.4, -0.2) is 47.4 Å². The summed E-state index contributed by atoms with van der Waals surface area (Å²) in [6, 6.07) is 7.14. The molecule has 1 aliphatic carbocycles. The standard InChI is InChI=1S/C19H22N2O4/c22-16-7-3-9-21(16)15-6-1-4-13(10-15)17(23)20-11-14-5-2-8-19(14,12-20)18(24)25/h1,4,6,10,14H,2-3,5,7-9,11-12H2,(H,24,25)/t14-,19+/m0/s1. The summed E-state index contributed by atoms with van der Waals surface area (Å²) in [5, 5.41) is 9.68. The van der Waals surface area contributed by atoms with Gasteiger partial charge in [-0.3, -0.25) is 14.4 Å². The van der Waals surface area contributed by atoms with Gasteiger partial charge in [0.1, 0.15) is 0 Å². The Bertz CT molecular complexity index is 747. The van der Waals surface area contributed by atoms with E-state index in [2.05, 4.69) is 0 Å². The van der Waals surface area contributed by atoms with Crippen molar-refractivity contribution in [3.63, 3.8) is 0 Å². The molecule has 0 bridgehead atoms. The molecule has 0 aromatic heterocycles. The molecule has 3 aliphatic rings. The second-order valence-corrected chi connectivity index (χ2v) is 7.44. The quantitative estimate of drug-likeness (QED) is 0.913. The van der Waals surface area contributed by atoms with Crippen molar-refractivity contribution >= 4 is 23.5 Å². The zero-order valence-electron chi connectivity index (χ0n) is 14.1. The Morgan fingerprint density at radius 2 is 2.08 bits per heavy atom. The van der Waals surface area contributed by atoms with Crippen molar-refractivity contribution in [1.29, 1.82) is 0 Å². The average molecular weight is 342 g/mol. The van der Waals surface area contributed by atoms with Gasteiger partial charge in [0.25, 0.3) is 5.91 Å². The second-order valence-electron chi connectivity index (χ2n) is 7.44. The van der Waals surface area contributed by atoms with Crippen LogP contribution in [0.1, 0.15) is 42.5 Å². The average Bonchev–Trinajstić information content (AvgIpc) is 3.28. The topological polar surface area (TPSA) is 77.9 Å². The molecule has 0 radical (unpaired) electrons. The van der Waals surface area contributed by atoms with Crippen LogP contribution >= 0.6 is 0 Å². The summed E-state index contributed by atoms with van der Waals surface area (Å²) in [5.74, 6) is -0.771. The van der Waals surface area contributed by atoms with Crippen molar-refractivity contribution in [1.82, 2.24) is 4.90 Å². The predicted molar refractivity (Wildman–Crippen MR) is 91.3 cm³/mol. The number of aliphatic carboxylic acids is 1. The lowest BCUT2D eigenvalue weighted by Crippen LogP contribution is -2.37. The van der Waals surface area contributed by atoms with E-state index in [1.54, 1.807) is 28.0 Å². The zero-order chi connectivity index (χ0) is 17.6. The Morgan fingerprint density at radius 3 is 2.76 bits per heavy atom. The van der Waals surface area contributed by atoms with Gasteiger partial charge in [0.15, 0.2) is 0 Å². The Balaban J connectivity index is 1.56. The van der Waals surface area contributed by atoms with Gasteiger partial charge in [-0.05, 0) is 43.4 Å². The van der Waals surface area contributed by atoms with Crippen LogP contribution in [-0.2, 0) is 9.59 Å².